The molecule has 0 radical (unpaired) electrons. The second-order valence-corrected chi connectivity index (χ2v) is 6.35. The van der Waals surface area contributed by atoms with Crippen molar-refractivity contribution in [3.05, 3.63) is 88.2 Å². The molecule has 3 rings (SSSR count). The minimum atomic E-state index is -0.469. The standard InChI is InChI=1S/C21H15ClN4O2/c1-13-17(22)6-4-8-18(13)25-20(27)15-9-16(12-24-11-15)21(28)26-19-7-3-2-5-14(19)10-23/h2-9,11-12H,1H3,(H,25,27)(H,26,28). The molecule has 2 amide bonds. The molecule has 2 aromatic carbocycles. The van der Waals surface area contributed by atoms with Crippen molar-refractivity contribution in [2.45, 2.75) is 6.92 Å². The molecule has 0 saturated heterocycles. The number of hydrogen-bond donors (Lipinski definition) is 2. The van der Waals surface area contributed by atoms with Gasteiger partial charge < -0.3 is 10.6 Å². The van der Waals surface area contributed by atoms with Crippen LogP contribution in [0.3, 0.4) is 0 Å². The summed E-state index contributed by atoms with van der Waals surface area (Å²) < 4.78 is 0. The number of amides is 2. The zero-order chi connectivity index (χ0) is 20.1. The van der Waals surface area contributed by atoms with E-state index in [0.29, 0.717) is 22.0 Å². The number of rotatable bonds is 4. The van der Waals surface area contributed by atoms with Crippen LogP contribution < -0.4 is 10.6 Å². The Labute approximate surface area is 166 Å². The molecule has 7 heteroatoms. The molecule has 1 heterocycles. The van der Waals surface area contributed by atoms with E-state index in [4.69, 9.17) is 16.9 Å². The molecule has 0 fully saturated rings. The third kappa shape index (κ3) is 4.17. The number of para-hydroxylation sites is 1. The highest BCUT2D eigenvalue weighted by molar-refractivity contribution is 6.31. The summed E-state index contributed by atoms with van der Waals surface area (Å²) in [7, 11) is 0. The summed E-state index contributed by atoms with van der Waals surface area (Å²) in [6, 6.07) is 15.3. The van der Waals surface area contributed by atoms with Crippen LogP contribution in [0, 0.1) is 18.3 Å². The Morgan fingerprint density at radius 3 is 2.25 bits per heavy atom. The maximum absolute atomic E-state index is 12.5. The van der Waals surface area contributed by atoms with Crippen molar-refractivity contribution in [3.8, 4) is 6.07 Å². The molecule has 0 saturated carbocycles. The topological polar surface area (TPSA) is 94.9 Å². The van der Waals surface area contributed by atoms with E-state index in [2.05, 4.69) is 15.6 Å². The minimum absolute atomic E-state index is 0.197. The normalized spacial score (nSPS) is 10.0. The maximum atomic E-state index is 12.5. The minimum Gasteiger partial charge on any atom is -0.322 e. The monoisotopic (exact) mass is 390 g/mol. The van der Waals surface area contributed by atoms with Crippen LogP contribution in [-0.2, 0) is 0 Å². The van der Waals surface area contributed by atoms with Crippen LogP contribution in [0.4, 0.5) is 11.4 Å². The highest BCUT2D eigenvalue weighted by Gasteiger charge is 2.14. The third-order valence-corrected chi connectivity index (χ3v) is 4.48. The SMILES string of the molecule is Cc1c(Cl)cccc1NC(=O)c1cncc(C(=O)Nc2ccccc2C#N)c1. The van der Waals surface area contributed by atoms with Gasteiger partial charge in [-0.05, 0) is 42.8 Å². The van der Waals surface area contributed by atoms with Crippen LogP contribution in [0.1, 0.15) is 31.8 Å². The number of benzene rings is 2. The van der Waals surface area contributed by atoms with Gasteiger partial charge in [-0.2, -0.15) is 5.26 Å². The third-order valence-electron chi connectivity index (χ3n) is 4.07. The quantitative estimate of drug-likeness (QED) is 0.689. The van der Waals surface area contributed by atoms with Crippen molar-refractivity contribution in [1.82, 2.24) is 4.98 Å². The van der Waals surface area contributed by atoms with E-state index in [-0.39, 0.29) is 11.1 Å². The van der Waals surface area contributed by atoms with E-state index in [0.717, 1.165) is 5.56 Å². The first-order chi connectivity index (χ1) is 13.5. The summed E-state index contributed by atoms with van der Waals surface area (Å²) in [4.78, 5) is 29.0. The average molecular weight is 391 g/mol. The summed E-state index contributed by atoms with van der Waals surface area (Å²) in [5.74, 6) is -0.881. The molecule has 3 aromatic rings. The number of hydrogen-bond acceptors (Lipinski definition) is 4. The molecule has 2 N–H and O–H groups in total. The second-order valence-electron chi connectivity index (χ2n) is 5.94. The summed E-state index contributed by atoms with van der Waals surface area (Å²) in [5.41, 5.74) is 2.47. The fourth-order valence-corrected chi connectivity index (χ4v) is 2.68. The fraction of sp³-hybridized carbons (Fsp3) is 0.0476. The molecule has 0 aliphatic carbocycles. The van der Waals surface area contributed by atoms with E-state index in [1.54, 1.807) is 49.4 Å². The first kappa shape index (κ1) is 19.1. The van der Waals surface area contributed by atoms with Gasteiger partial charge in [-0.15, -0.1) is 0 Å². The molecule has 6 nitrogen and oxygen atoms in total. The van der Waals surface area contributed by atoms with Crippen LogP contribution in [0.5, 0.6) is 0 Å². The van der Waals surface area contributed by atoms with Gasteiger partial charge >= 0.3 is 0 Å². The van der Waals surface area contributed by atoms with Crippen LogP contribution in [0.25, 0.3) is 0 Å². The first-order valence-corrected chi connectivity index (χ1v) is 8.69. The van der Waals surface area contributed by atoms with Crippen LogP contribution in [0.15, 0.2) is 60.9 Å². The van der Waals surface area contributed by atoms with Gasteiger partial charge in [0.2, 0.25) is 0 Å². The predicted octanol–water partition coefficient (Wildman–Crippen LogP) is 4.42. The van der Waals surface area contributed by atoms with Crippen LogP contribution >= 0.6 is 11.6 Å². The number of carbonyl (C=O) groups excluding carboxylic acids is 2. The Bertz CT molecular complexity index is 1110. The molecular formula is C21H15ClN4O2. The van der Waals surface area contributed by atoms with Crippen molar-refractivity contribution in [2.75, 3.05) is 10.6 Å². The Morgan fingerprint density at radius 2 is 1.57 bits per heavy atom. The van der Waals surface area contributed by atoms with Gasteiger partial charge in [-0.3, -0.25) is 14.6 Å². The van der Waals surface area contributed by atoms with E-state index < -0.39 is 11.8 Å². The number of nitriles is 1. The van der Waals surface area contributed by atoms with Crippen molar-refractivity contribution in [2.24, 2.45) is 0 Å². The summed E-state index contributed by atoms with van der Waals surface area (Å²) >= 11 is 6.07. The number of aromatic nitrogens is 1. The molecule has 0 bridgehead atoms. The highest BCUT2D eigenvalue weighted by atomic mass is 35.5. The van der Waals surface area contributed by atoms with Gasteiger partial charge in [0, 0.05) is 23.1 Å². The Hall–Kier alpha value is -3.69. The molecular weight excluding hydrogens is 376 g/mol. The zero-order valence-corrected chi connectivity index (χ0v) is 15.6. The summed E-state index contributed by atoms with van der Waals surface area (Å²) in [6.07, 6.45) is 2.72. The molecule has 0 aliphatic heterocycles. The van der Waals surface area contributed by atoms with Crippen molar-refractivity contribution in [3.63, 3.8) is 0 Å². The van der Waals surface area contributed by atoms with Gasteiger partial charge in [-0.25, -0.2) is 0 Å². The van der Waals surface area contributed by atoms with E-state index in [1.807, 2.05) is 6.07 Å². The smallest absolute Gasteiger partial charge is 0.257 e. The van der Waals surface area contributed by atoms with Crippen molar-refractivity contribution in [1.29, 1.82) is 5.26 Å². The molecule has 138 valence electrons. The number of nitrogens with zero attached hydrogens (tertiary/aromatic N) is 2. The number of anilines is 2. The highest BCUT2D eigenvalue weighted by Crippen LogP contribution is 2.23. The fourth-order valence-electron chi connectivity index (χ4n) is 2.51. The molecule has 0 spiro atoms. The average Bonchev–Trinajstić information content (AvgIpc) is 2.72. The largest absolute Gasteiger partial charge is 0.322 e. The molecule has 28 heavy (non-hydrogen) atoms. The Morgan fingerprint density at radius 1 is 0.964 bits per heavy atom. The lowest BCUT2D eigenvalue weighted by molar-refractivity contribution is 0.102. The maximum Gasteiger partial charge on any atom is 0.257 e. The van der Waals surface area contributed by atoms with Gasteiger partial charge in [0.1, 0.15) is 6.07 Å². The van der Waals surface area contributed by atoms with Gasteiger partial charge in [0.05, 0.1) is 22.4 Å². The van der Waals surface area contributed by atoms with Gasteiger partial charge in [-0.1, -0.05) is 29.8 Å². The second kappa shape index (κ2) is 8.33. The van der Waals surface area contributed by atoms with Gasteiger partial charge in [0.15, 0.2) is 0 Å². The lowest BCUT2D eigenvalue weighted by Gasteiger charge is -2.10. The van der Waals surface area contributed by atoms with Crippen LogP contribution in [-0.4, -0.2) is 16.8 Å². The molecule has 0 aliphatic rings. The lowest BCUT2D eigenvalue weighted by Crippen LogP contribution is -2.17. The number of carbonyl (C=O) groups is 2. The van der Waals surface area contributed by atoms with E-state index in [9.17, 15) is 9.59 Å². The van der Waals surface area contributed by atoms with E-state index in [1.165, 1.54) is 18.5 Å². The van der Waals surface area contributed by atoms with Crippen molar-refractivity contribution >= 4 is 34.8 Å². The number of nitrogens with one attached hydrogen (secondary N) is 2. The van der Waals surface area contributed by atoms with Crippen molar-refractivity contribution < 1.29 is 9.59 Å². The number of halogens is 1. The Balaban J connectivity index is 1.80. The molecule has 0 atom stereocenters. The Kier molecular flexibility index (Phi) is 5.68. The number of pyridine rings is 1. The summed E-state index contributed by atoms with van der Waals surface area (Å²) in [5, 5.41) is 15.1. The van der Waals surface area contributed by atoms with Gasteiger partial charge in [0.25, 0.3) is 11.8 Å². The molecule has 1 aromatic heterocycles. The predicted molar refractivity (Wildman–Crippen MR) is 107 cm³/mol. The first-order valence-electron chi connectivity index (χ1n) is 8.31. The van der Waals surface area contributed by atoms with E-state index >= 15 is 0 Å². The van der Waals surface area contributed by atoms with Crippen LogP contribution in [0.2, 0.25) is 5.02 Å². The summed E-state index contributed by atoms with van der Waals surface area (Å²) in [6.45, 7) is 1.80. The molecule has 0 unspecified atom stereocenters. The zero-order valence-electron chi connectivity index (χ0n) is 14.9. The lowest BCUT2D eigenvalue weighted by atomic mass is 10.1.